The van der Waals surface area contributed by atoms with E-state index >= 15 is 0 Å². The Morgan fingerprint density at radius 3 is 1.82 bits per heavy atom. The van der Waals surface area contributed by atoms with Gasteiger partial charge in [0.05, 0.1) is 75.3 Å². The zero-order valence-corrected chi connectivity index (χ0v) is 31.8. The Hall–Kier alpha value is -3.82. The highest BCUT2D eigenvalue weighted by Crippen LogP contribution is 2.52. The van der Waals surface area contributed by atoms with Crippen molar-refractivity contribution in [2.45, 2.75) is 37.8 Å². The van der Waals surface area contributed by atoms with Crippen LogP contribution in [-0.4, -0.2) is 78.7 Å². The van der Waals surface area contributed by atoms with E-state index in [1.165, 1.54) is 22.3 Å². The average Bonchev–Trinajstić information content (AvgIpc) is 3.07. The quantitative estimate of drug-likeness (QED) is 0.298. The first-order valence-electron chi connectivity index (χ1n) is 16.8. The van der Waals surface area contributed by atoms with Crippen molar-refractivity contribution in [3.05, 3.63) is 94.0 Å². The van der Waals surface area contributed by atoms with Crippen molar-refractivity contribution in [2.75, 3.05) is 69.7 Å². The molecule has 0 unspecified atom stereocenters. The molecule has 50 heavy (non-hydrogen) atoms. The van der Waals surface area contributed by atoms with Gasteiger partial charge in [-0.05, 0) is 64.7 Å². The first-order valence-corrected chi connectivity index (χ1v) is 16.8. The number of halogens is 2. The van der Waals surface area contributed by atoms with Crippen LogP contribution in [0.1, 0.15) is 45.5 Å². The third-order valence-electron chi connectivity index (χ3n) is 10.9. The number of quaternary nitrogens is 2. The summed E-state index contributed by atoms with van der Waals surface area (Å²) in [6, 6.07) is 21.6. The zero-order chi connectivity index (χ0) is 33.8. The van der Waals surface area contributed by atoms with Crippen molar-refractivity contribution in [3.8, 4) is 46.0 Å². The number of hydrogen-bond acceptors (Lipinski definition) is 6. The van der Waals surface area contributed by atoms with Gasteiger partial charge in [0, 0.05) is 31.2 Å². The first kappa shape index (κ1) is 37.4. The van der Waals surface area contributed by atoms with Crippen LogP contribution in [0.15, 0.2) is 60.7 Å². The molecule has 2 atom stereocenters. The summed E-state index contributed by atoms with van der Waals surface area (Å²) in [5.74, 6) is 5.54. The normalized spacial score (nSPS) is 19.4. The number of ether oxygens (including phenoxy) is 6. The van der Waals surface area contributed by atoms with Gasteiger partial charge in [-0.2, -0.15) is 0 Å². The summed E-state index contributed by atoms with van der Waals surface area (Å²) in [6.45, 7) is 2.01. The summed E-state index contributed by atoms with van der Waals surface area (Å²) >= 11 is 0. The van der Waals surface area contributed by atoms with Crippen molar-refractivity contribution in [2.24, 2.45) is 0 Å². The minimum atomic E-state index is 0. The van der Waals surface area contributed by atoms with E-state index in [1.54, 1.807) is 28.4 Å². The lowest BCUT2D eigenvalue weighted by molar-refractivity contribution is -0.923. The van der Waals surface area contributed by atoms with Crippen LogP contribution in [0.3, 0.4) is 0 Å². The fraction of sp³-hybridized carbons (Fsp3) is 0.400. The van der Waals surface area contributed by atoms with Gasteiger partial charge in [0.25, 0.3) is 0 Å². The molecular weight excluding hydrogens is 675 g/mol. The molecule has 0 amide bonds. The second kappa shape index (κ2) is 14.4. The lowest BCUT2D eigenvalue weighted by Crippen LogP contribution is -3.00. The Labute approximate surface area is 308 Å². The Bertz CT molecular complexity index is 1860. The van der Waals surface area contributed by atoms with Gasteiger partial charge in [0.2, 0.25) is 5.75 Å². The highest BCUT2D eigenvalue weighted by atomic mass is 35.5. The smallest absolute Gasteiger partial charge is 0.204 e. The van der Waals surface area contributed by atoms with Crippen molar-refractivity contribution >= 4 is 0 Å². The highest BCUT2D eigenvalue weighted by Gasteiger charge is 2.41. The van der Waals surface area contributed by atoms with Gasteiger partial charge in [0.1, 0.15) is 17.8 Å². The third kappa shape index (κ3) is 6.66. The van der Waals surface area contributed by atoms with Crippen LogP contribution in [0.2, 0.25) is 0 Å². The molecule has 10 heteroatoms. The maximum atomic E-state index is 6.86. The lowest BCUT2D eigenvalue weighted by Gasteiger charge is -2.43. The van der Waals surface area contributed by atoms with Crippen molar-refractivity contribution < 1.29 is 62.2 Å². The van der Waals surface area contributed by atoms with Crippen LogP contribution in [-0.2, 0) is 25.7 Å². The molecule has 0 spiro atoms. The zero-order valence-electron chi connectivity index (χ0n) is 30.3. The van der Waals surface area contributed by atoms with Crippen LogP contribution < -0.4 is 53.2 Å². The summed E-state index contributed by atoms with van der Waals surface area (Å²) in [6.07, 6.45) is 3.50. The van der Waals surface area contributed by atoms with E-state index in [-0.39, 0.29) is 36.9 Å². The maximum Gasteiger partial charge on any atom is 0.204 e. The highest BCUT2D eigenvalue weighted by molar-refractivity contribution is 5.62. The van der Waals surface area contributed by atoms with Gasteiger partial charge >= 0.3 is 0 Å². The predicted molar refractivity (Wildman–Crippen MR) is 186 cm³/mol. The third-order valence-corrected chi connectivity index (χ3v) is 10.9. The molecule has 0 N–H and O–H groups in total. The molecule has 0 fully saturated rings. The Kier molecular flexibility index (Phi) is 10.8. The number of rotatable bonds is 4. The number of methoxy groups -OCH3 is 4. The van der Waals surface area contributed by atoms with Crippen molar-refractivity contribution in [1.82, 2.24) is 0 Å². The molecule has 0 aliphatic carbocycles. The summed E-state index contributed by atoms with van der Waals surface area (Å²) in [5, 5.41) is 0. The molecule has 8 nitrogen and oxygen atoms in total. The van der Waals surface area contributed by atoms with Gasteiger partial charge in [-0.3, -0.25) is 0 Å². The molecule has 0 saturated carbocycles. The van der Waals surface area contributed by atoms with Crippen LogP contribution in [0, 0.1) is 0 Å². The summed E-state index contributed by atoms with van der Waals surface area (Å²) in [5.41, 5.74) is 7.34. The summed E-state index contributed by atoms with van der Waals surface area (Å²) in [4.78, 5) is 0. The van der Waals surface area contributed by atoms with Crippen LogP contribution >= 0.6 is 0 Å². The molecule has 0 saturated heterocycles. The van der Waals surface area contributed by atoms with Gasteiger partial charge in [0.15, 0.2) is 34.5 Å². The van der Waals surface area contributed by atoms with Crippen molar-refractivity contribution in [1.29, 1.82) is 0 Å². The summed E-state index contributed by atoms with van der Waals surface area (Å²) in [7, 11) is 16.0. The van der Waals surface area contributed by atoms with Crippen LogP contribution in [0.25, 0.3) is 0 Å². The topological polar surface area (TPSA) is 55.4 Å². The number of hydrogen-bond donors (Lipinski definition) is 0. The molecule has 268 valence electrons. The Balaban J connectivity index is 0.00000243. The van der Waals surface area contributed by atoms with E-state index in [9.17, 15) is 0 Å². The number of nitrogens with zero attached hydrogens (tertiary/aromatic N) is 2. The molecule has 6 bridgehead atoms. The molecule has 8 rings (SSSR count). The standard InChI is InChI=1S/C40H48N2O6.2ClH/c1-41(2)17-15-27-22-34(44-6)36-24-30(27)31(41)19-25-9-12-29(13-10-25)47-40-38-28(23-37(45-7)39(40)46-8)16-18-42(3,4)32(38)20-26-11-14-33(43-5)35(21-26)48-36;;/h9-14,21-24,31-32H,15-20H2,1-8H3;2*1H/q+2;;/p-2/t31-,32-;;/m1../s1. The SMILES string of the molecule is COc1ccc2cc1Oc1cc3c(cc1OC)CC[N+](C)(C)[C@@H]3Cc1ccc(cc1)Oc1c(OC)c(OC)cc3c1[C@@H](C2)[N+](C)(C)CC3.[Cl-].[Cl-]. The van der Waals surface area contributed by atoms with E-state index in [0.717, 1.165) is 76.1 Å². The minimum Gasteiger partial charge on any atom is -1.00 e. The van der Waals surface area contributed by atoms with Gasteiger partial charge in [-0.25, -0.2) is 0 Å². The van der Waals surface area contributed by atoms with Gasteiger partial charge in [-0.1, -0.05) is 18.2 Å². The minimum absolute atomic E-state index is 0. The van der Waals surface area contributed by atoms with Gasteiger partial charge < -0.3 is 62.2 Å². The van der Waals surface area contributed by atoms with E-state index in [0.29, 0.717) is 28.7 Å². The predicted octanol–water partition coefficient (Wildman–Crippen LogP) is 1.46. The van der Waals surface area contributed by atoms with E-state index in [4.69, 9.17) is 28.4 Å². The second-order valence-electron chi connectivity index (χ2n) is 14.5. The largest absolute Gasteiger partial charge is 1.00 e. The molecule has 4 aliphatic rings. The van der Waals surface area contributed by atoms with Gasteiger partial charge in [-0.15, -0.1) is 0 Å². The number of benzene rings is 4. The molecule has 4 aromatic rings. The fourth-order valence-electron chi connectivity index (χ4n) is 7.95. The lowest BCUT2D eigenvalue weighted by atomic mass is 9.85. The molecular formula is C40H48Cl2N2O6. The average molecular weight is 724 g/mol. The van der Waals surface area contributed by atoms with E-state index in [1.807, 2.05) is 6.07 Å². The van der Waals surface area contributed by atoms with E-state index in [2.05, 4.69) is 82.8 Å². The molecule has 0 radical (unpaired) electrons. The number of fused-ring (bicyclic) bond motifs is 2. The number of likely N-dealkylation sites (N-methyl/N-ethyl adjacent to an activating group) is 2. The fourth-order valence-corrected chi connectivity index (χ4v) is 7.95. The second-order valence-corrected chi connectivity index (χ2v) is 14.5. The molecule has 4 aliphatic heterocycles. The Morgan fingerprint density at radius 2 is 1.16 bits per heavy atom. The van der Waals surface area contributed by atoms with Crippen LogP contribution in [0.4, 0.5) is 0 Å². The molecule has 0 aromatic heterocycles. The Morgan fingerprint density at radius 1 is 0.580 bits per heavy atom. The molecule has 4 aromatic carbocycles. The monoisotopic (exact) mass is 722 g/mol. The first-order chi connectivity index (χ1) is 23.0. The summed E-state index contributed by atoms with van der Waals surface area (Å²) < 4.78 is 39.0. The van der Waals surface area contributed by atoms with E-state index < -0.39 is 0 Å². The maximum absolute atomic E-state index is 6.86. The van der Waals surface area contributed by atoms with Crippen LogP contribution in [0.5, 0.6) is 46.0 Å². The molecule has 4 heterocycles. The van der Waals surface area contributed by atoms with Crippen molar-refractivity contribution in [3.63, 3.8) is 0 Å².